The number of morpholine rings is 1. The van der Waals surface area contributed by atoms with Crippen LogP contribution in [0.4, 0.5) is 4.79 Å². The molecule has 0 aliphatic carbocycles. The first kappa shape index (κ1) is 13.3. The van der Waals surface area contributed by atoms with Crippen molar-refractivity contribution >= 4 is 12.0 Å². The maximum Gasteiger partial charge on any atom is 0.317 e. The zero-order chi connectivity index (χ0) is 13.7. The summed E-state index contributed by atoms with van der Waals surface area (Å²) in [6.07, 6.45) is 0.799. The molecule has 3 N–H and O–H groups in total. The quantitative estimate of drug-likeness (QED) is 0.657. The Labute approximate surface area is 109 Å². The highest BCUT2D eigenvalue weighted by molar-refractivity contribution is 5.74. The summed E-state index contributed by atoms with van der Waals surface area (Å²) < 4.78 is 5.29. The lowest BCUT2D eigenvalue weighted by molar-refractivity contribution is -0.141. The van der Waals surface area contributed by atoms with Gasteiger partial charge in [0.05, 0.1) is 25.7 Å². The van der Waals surface area contributed by atoms with Gasteiger partial charge in [0, 0.05) is 13.1 Å². The summed E-state index contributed by atoms with van der Waals surface area (Å²) in [5, 5.41) is 17.7. The molecule has 1 aliphatic rings. The van der Waals surface area contributed by atoms with Crippen molar-refractivity contribution in [2.75, 3.05) is 19.7 Å². The zero-order valence-corrected chi connectivity index (χ0v) is 10.2. The van der Waals surface area contributed by atoms with Crippen LogP contribution in [0.5, 0.6) is 0 Å². The van der Waals surface area contributed by atoms with Crippen LogP contribution in [0.2, 0.25) is 0 Å². The van der Waals surface area contributed by atoms with Crippen LogP contribution in [0.1, 0.15) is 12.2 Å². The molecule has 1 aromatic rings. The second kappa shape index (κ2) is 6.14. The number of H-pyrrole nitrogens is 1. The molecule has 1 fully saturated rings. The van der Waals surface area contributed by atoms with Gasteiger partial charge in [0.25, 0.3) is 0 Å². The molecule has 0 radical (unpaired) electrons. The van der Waals surface area contributed by atoms with Crippen LogP contribution in [0, 0.1) is 0 Å². The second-order valence-electron chi connectivity index (χ2n) is 4.13. The molecule has 9 heteroatoms. The number of hydrogen-bond acceptors (Lipinski definition) is 5. The van der Waals surface area contributed by atoms with E-state index >= 15 is 0 Å². The average Bonchev–Trinajstić information content (AvgIpc) is 2.88. The maximum atomic E-state index is 11.9. The molecule has 2 rings (SSSR count). The molecule has 0 bridgehead atoms. The monoisotopic (exact) mass is 269 g/mol. The fraction of sp³-hybridized carbons (Fsp3) is 0.600. The number of aromatic nitrogens is 3. The van der Waals surface area contributed by atoms with Gasteiger partial charge >= 0.3 is 12.0 Å². The number of nitrogens with one attached hydrogen (secondary N) is 2. The highest BCUT2D eigenvalue weighted by Crippen LogP contribution is 2.08. The number of urea groups is 1. The van der Waals surface area contributed by atoms with Gasteiger partial charge in [-0.05, 0) is 0 Å². The van der Waals surface area contributed by atoms with E-state index in [1.165, 1.54) is 11.2 Å². The maximum absolute atomic E-state index is 11.9. The third-order valence-electron chi connectivity index (χ3n) is 2.70. The number of aromatic amines is 1. The van der Waals surface area contributed by atoms with E-state index in [1.807, 2.05) is 0 Å². The van der Waals surface area contributed by atoms with E-state index in [4.69, 9.17) is 9.84 Å². The summed E-state index contributed by atoms with van der Waals surface area (Å²) in [7, 11) is 0. The van der Waals surface area contributed by atoms with Crippen molar-refractivity contribution in [3.05, 3.63) is 12.2 Å². The predicted molar refractivity (Wildman–Crippen MR) is 62.2 cm³/mol. The Bertz CT molecular complexity index is 435. The zero-order valence-electron chi connectivity index (χ0n) is 10.2. The van der Waals surface area contributed by atoms with Crippen molar-refractivity contribution in [2.24, 2.45) is 0 Å². The van der Waals surface area contributed by atoms with Crippen LogP contribution in [0.25, 0.3) is 0 Å². The number of amides is 2. The molecular formula is C10H15N5O4. The van der Waals surface area contributed by atoms with Crippen molar-refractivity contribution in [3.8, 4) is 0 Å². The van der Waals surface area contributed by atoms with Gasteiger partial charge < -0.3 is 20.1 Å². The Balaban J connectivity index is 1.79. The third-order valence-corrected chi connectivity index (χ3v) is 2.70. The van der Waals surface area contributed by atoms with Gasteiger partial charge in [0.1, 0.15) is 12.2 Å². The molecule has 1 aromatic heterocycles. The molecule has 1 aliphatic heterocycles. The Kier molecular flexibility index (Phi) is 4.29. The summed E-state index contributed by atoms with van der Waals surface area (Å²) >= 11 is 0. The number of carbonyl (C=O) groups excluding carboxylic acids is 1. The highest BCUT2D eigenvalue weighted by Gasteiger charge is 2.25. The summed E-state index contributed by atoms with van der Waals surface area (Å²) in [6.45, 7) is 1.31. The van der Waals surface area contributed by atoms with Crippen molar-refractivity contribution in [2.45, 2.75) is 19.1 Å². The molecule has 2 amide bonds. The van der Waals surface area contributed by atoms with Crippen LogP contribution in [0.15, 0.2) is 6.33 Å². The van der Waals surface area contributed by atoms with Crippen molar-refractivity contribution in [1.82, 2.24) is 25.4 Å². The van der Waals surface area contributed by atoms with Crippen LogP contribution in [-0.4, -0.2) is 63.0 Å². The van der Waals surface area contributed by atoms with Crippen LogP contribution >= 0.6 is 0 Å². The number of aliphatic carboxylic acids is 1. The summed E-state index contributed by atoms with van der Waals surface area (Å²) in [5.74, 6) is -0.377. The molecule has 0 aromatic carbocycles. The van der Waals surface area contributed by atoms with Crippen LogP contribution in [0.3, 0.4) is 0 Å². The van der Waals surface area contributed by atoms with Gasteiger partial charge in [0.15, 0.2) is 0 Å². The van der Waals surface area contributed by atoms with Gasteiger partial charge in [-0.3, -0.25) is 9.89 Å². The van der Waals surface area contributed by atoms with E-state index in [1.54, 1.807) is 0 Å². The topological polar surface area (TPSA) is 120 Å². The fourth-order valence-corrected chi connectivity index (χ4v) is 1.81. The number of hydrogen-bond donors (Lipinski definition) is 3. The normalized spacial score (nSPS) is 19.2. The van der Waals surface area contributed by atoms with Gasteiger partial charge in [0.2, 0.25) is 0 Å². The highest BCUT2D eigenvalue weighted by atomic mass is 16.5. The molecule has 2 heterocycles. The Morgan fingerprint density at radius 1 is 1.63 bits per heavy atom. The van der Waals surface area contributed by atoms with E-state index in [0.29, 0.717) is 19.0 Å². The Morgan fingerprint density at radius 2 is 2.47 bits per heavy atom. The number of nitrogens with zero attached hydrogens (tertiary/aromatic N) is 3. The molecule has 0 saturated carbocycles. The Morgan fingerprint density at radius 3 is 3.16 bits per heavy atom. The summed E-state index contributed by atoms with van der Waals surface area (Å²) in [4.78, 5) is 27.9. The second-order valence-corrected chi connectivity index (χ2v) is 4.13. The molecule has 0 spiro atoms. The van der Waals surface area contributed by atoms with Gasteiger partial charge in [-0.15, -0.1) is 0 Å². The minimum atomic E-state index is -0.936. The van der Waals surface area contributed by atoms with Crippen molar-refractivity contribution < 1.29 is 19.4 Å². The minimum Gasteiger partial charge on any atom is -0.481 e. The fourth-order valence-electron chi connectivity index (χ4n) is 1.81. The average molecular weight is 269 g/mol. The van der Waals surface area contributed by atoms with Gasteiger partial charge in [-0.25, -0.2) is 9.78 Å². The molecule has 9 nitrogen and oxygen atoms in total. The molecule has 19 heavy (non-hydrogen) atoms. The van der Waals surface area contributed by atoms with Gasteiger partial charge in [-0.1, -0.05) is 0 Å². The van der Waals surface area contributed by atoms with Crippen molar-refractivity contribution in [3.63, 3.8) is 0 Å². The van der Waals surface area contributed by atoms with Crippen LogP contribution < -0.4 is 5.32 Å². The Hall–Kier alpha value is -2.16. The molecule has 104 valence electrons. The first-order valence-electron chi connectivity index (χ1n) is 5.85. The van der Waals surface area contributed by atoms with Crippen molar-refractivity contribution in [1.29, 1.82) is 0 Å². The number of carbonyl (C=O) groups is 2. The summed E-state index contributed by atoms with van der Waals surface area (Å²) in [5.41, 5.74) is 0. The third kappa shape index (κ3) is 3.91. The molecule has 1 atom stereocenters. The van der Waals surface area contributed by atoms with E-state index in [2.05, 4.69) is 20.5 Å². The first-order chi connectivity index (χ1) is 9.15. The van der Waals surface area contributed by atoms with E-state index in [9.17, 15) is 9.59 Å². The number of carboxylic acid groups (broad SMARTS) is 1. The lowest BCUT2D eigenvalue weighted by Gasteiger charge is -2.32. The molecule has 1 unspecified atom stereocenters. The van der Waals surface area contributed by atoms with Crippen LogP contribution in [-0.2, 0) is 16.1 Å². The first-order valence-corrected chi connectivity index (χ1v) is 5.85. The largest absolute Gasteiger partial charge is 0.481 e. The van der Waals surface area contributed by atoms with Gasteiger partial charge in [-0.2, -0.15) is 5.10 Å². The van der Waals surface area contributed by atoms with E-state index in [0.717, 1.165) is 0 Å². The number of carboxylic acids is 1. The lowest BCUT2D eigenvalue weighted by atomic mass is 10.2. The smallest absolute Gasteiger partial charge is 0.317 e. The standard InChI is InChI=1S/C10H15N5O4/c16-9(17)3-7-5-15(1-2-19-7)10(18)11-4-8-12-6-13-14-8/h6-7H,1-5H2,(H,11,18)(H,16,17)(H,12,13,14). The molecular weight excluding hydrogens is 254 g/mol. The minimum absolute atomic E-state index is 0.105. The SMILES string of the molecule is O=C(O)CC1CN(C(=O)NCc2ncn[nH]2)CCO1. The van der Waals surface area contributed by atoms with E-state index in [-0.39, 0.29) is 25.5 Å². The lowest BCUT2D eigenvalue weighted by Crippen LogP contribution is -2.49. The predicted octanol–water partition coefficient (Wildman–Crippen LogP) is -0.810. The summed E-state index contributed by atoms with van der Waals surface area (Å²) in [6, 6.07) is -0.268. The number of ether oxygens (including phenoxy) is 1. The van der Waals surface area contributed by atoms with E-state index < -0.39 is 12.1 Å². The number of rotatable bonds is 4. The molecule has 1 saturated heterocycles.